The molecular weight excluding hydrogens is 359 g/mol. The van der Waals surface area contributed by atoms with Crippen LogP contribution in [-0.2, 0) is 16.0 Å². The van der Waals surface area contributed by atoms with Crippen molar-refractivity contribution in [3.63, 3.8) is 0 Å². The van der Waals surface area contributed by atoms with Gasteiger partial charge in [0.25, 0.3) is 0 Å². The molecule has 7 heteroatoms. The van der Waals surface area contributed by atoms with Gasteiger partial charge in [-0.25, -0.2) is 9.37 Å². The number of anilines is 1. The van der Waals surface area contributed by atoms with Gasteiger partial charge in [0.1, 0.15) is 11.9 Å². The first-order chi connectivity index (χ1) is 13.5. The van der Waals surface area contributed by atoms with E-state index in [0.29, 0.717) is 17.9 Å². The Morgan fingerprint density at radius 3 is 2.68 bits per heavy atom. The molecular formula is C21H23FN4O2. The highest BCUT2D eigenvalue weighted by Crippen LogP contribution is 2.15. The van der Waals surface area contributed by atoms with E-state index in [1.165, 1.54) is 12.1 Å². The van der Waals surface area contributed by atoms with Crippen molar-refractivity contribution in [1.82, 2.24) is 15.3 Å². The summed E-state index contributed by atoms with van der Waals surface area (Å²) in [6, 6.07) is 12.6. The van der Waals surface area contributed by atoms with Crippen LogP contribution in [0.3, 0.4) is 0 Å². The zero-order chi connectivity index (χ0) is 20.1. The van der Waals surface area contributed by atoms with E-state index < -0.39 is 11.9 Å². The van der Waals surface area contributed by atoms with Crippen molar-refractivity contribution < 1.29 is 14.0 Å². The number of carbonyl (C=O) groups is 2. The molecule has 0 aliphatic rings. The number of nitrogens with one attached hydrogen (secondary N) is 3. The van der Waals surface area contributed by atoms with Gasteiger partial charge in [-0.05, 0) is 35.7 Å². The molecule has 2 aromatic carbocycles. The minimum absolute atomic E-state index is 0.00259. The van der Waals surface area contributed by atoms with E-state index in [2.05, 4.69) is 20.6 Å². The molecule has 0 unspecified atom stereocenters. The van der Waals surface area contributed by atoms with E-state index in [9.17, 15) is 14.0 Å². The second-order valence-corrected chi connectivity index (χ2v) is 6.83. The molecule has 2 atom stereocenters. The predicted octanol–water partition coefficient (Wildman–Crippen LogP) is 3.41. The first-order valence-electron chi connectivity index (χ1n) is 9.25. The van der Waals surface area contributed by atoms with Gasteiger partial charge in [0.05, 0.1) is 17.5 Å². The molecule has 0 aliphatic carbocycles. The lowest BCUT2D eigenvalue weighted by Crippen LogP contribution is -2.48. The van der Waals surface area contributed by atoms with Gasteiger partial charge in [0, 0.05) is 0 Å². The van der Waals surface area contributed by atoms with Crippen LogP contribution in [0.1, 0.15) is 25.8 Å². The number of carbonyl (C=O) groups excluding carboxylic acids is 2. The smallest absolute Gasteiger partial charge is 0.249 e. The molecule has 0 aliphatic heterocycles. The average Bonchev–Trinajstić information content (AvgIpc) is 3.07. The van der Waals surface area contributed by atoms with Gasteiger partial charge in [0.15, 0.2) is 0 Å². The van der Waals surface area contributed by atoms with E-state index in [0.717, 1.165) is 11.0 Å². The highest BCUT2D eigenvalue weighted by molar-refractivity contribution is 5.97. The third-order valence-electron chi connectivity index (χ3n) is 4.70. The highest BCUT2D eigenvalue weighted by Gasteiger charge is 2.26. The Kier molecular flexibility index (Phi) is 6.03. The lowest BCUT2D eigenvalue weighted by Gasteiger charge is -2.23. The summed E-state index contributed by atoms with van der Waals surface area (Å²) < 4.78 is 13.3. The Labute approximate surface area is 162 Å². The Bertz CT molecular complexity index is 952. The number of rotatable bonds is 7. The van der Waals surface area contributed by atoms with Gasteiger partial charge in [-0.3, -0.25) is 14.9 Å². The summed E-state index contributed by atoms with van der Waals surface area (Å²) in [5.41, 5.74) is 2.11. The number of benzene rings is 2. The highest BCUT2D eigenvalue weighted by atomic mass is 19.1. The van der Waals surface area contributed by atoms with Crippen LogP contribution in [0, 0.1) is 11.7 Å². The van der Waals surface area contributed by atoms with E-state index >= 15 is 0 Å². The molecule has 3 aromatic rings. The number of H-pyrrole nitrogens is 1. The summed E-state index contributed by atoms with van der Waals surface area (Å²) in [5.74, 6) is -0.831. The topological polar surface area (TPSA) is 86.9 Å². The van der Waals surface area contributed by atoms with E-state index in [1.54, 1.807) is 12.1 Å². The largest absolute Gasteiger partial charge is 0.344 e. The van der Waals surface area contributed by atoms with Crippen molar-refractivity contribution in [3.8, 4) is 0 Å². The fourth-order valence-electron chi connectivity index (χ4n) is 2.97. The lowest BCUT2D eigenvalue weighted by atomic mass is 9.98. The van der Waals surface area contributed by atoms with Crippen LogP contribution in [0.15, 0.2) is 48.5 Å². The average molecular weight is 382 g/mol. The number of para-hydroxylation sites is 2. The van der Waals surface area contributed by atoms with Crippen LogP contribution in [0.25, 0.3) is 11.0 Å². The van der Waals surface area contributed by atoms with Gasteiger partial charge in [0.2, 0.25) is 17.8 Å². The summed E-state index contributed by atoms with van der Waals surface area (Å²) >= 11 is 0. The van der Waals surface area contributed by atoms with Crippen molar-refractivity contribution in [3.05, 3.63) is 59.9 Å². The maximum absolute atomic E-state index is 13.3. The summed E-state index contributed by atoms with van der Waals surface area (Å²) in [4.78, 5) is 32.6. The number of nitrogens with zero attached hydrogens (tertiary/aromatic N) is 1. The SMILES string of the molecule is CC[C@@H](C)[C@@H](NC(=O)Cc1cccc(F)c1)C(=O)Nc1nc2ccccc2[nH]1. The van der Waals surface area contributed by atoms with E-state index in [-0.39, 0.29) is 24.2 Å². The van der Waals surface area contributed by atoms with Crippen LogP contribution in [0.2, 0.25) is 0 Å². The monoisotopic (exact) mass is 382 g/mol. The molecule has 1 aromatic heterocycles. The predicted molar refractivity (Wildman–Crippen MR) is 106 cm³/mol. The van der Waals surface area contributed by atoms with Gasteiger partial charge in [-0.2, -0.15) is 0 Å². The number of amides is 2. The molecule has 0 radical (unpaired) electrons. The second kappa shape index (κ2) is 8.65. The fraction of sp³-hybridized carbons (Fsp3) is 0.286. The van der Waals surface area contributed by atoms with E-state index in [4.69, 9.17) is 0 Å². The number of aromatic amines is 1. The summed E-state index contributed by atoms with van der Waals surface area (Å²) in [7, 11) is 0. The molecule has 146 valence electrons. The maximum atomic E-state index is 13.3. The van der Waals surface area contributed by atoms with Crippen LogP contribution >= 0.6 is 0 Å². The number of hydrogen-bond acceptors (Lipinski definition) is 3. The molecule has 0 saturated carbocycles. The standard InChI is InChI=1S/C21H23FN4O2/c1-3-13(2)19(25-18(27)12-14-7-6-8-15(22)11-14)20(28)26-21-23-16-9-4-5-10-17(16)24-21/h4-11,13,19H,3,12H2,1-2H3,(H,25,27)(H2,23,24,26,28)/t13-,19-/m1/s1. The van der Waals surface area contributed by atoms with Crippen molar-refractivity contribution in [2.24, 2.45) is 5.92 Å². The Morgan fingerprint density at radius 1 is 1.18 bits per heavy atom. The van der Waals surface area contributed by atoms with E-state index in [1.807, 2.05) is 38.1 Å². The zero-order valence-electron chi connectivity index (χ0n) is 15.8. The quantitative estimate of drug-likeness (QED) is 0.585. The van der Waals surface area contributed by atoms with Crippen LogP contribution in [0.5, 0.6) is 0 Å². The zero-order valence-corrected chi connectivity index (χ0v) is 15.8. The Hall–Kier alpha value is -3.22. The summed E-state index contributed by atoms with van der Waals surface area (Å²) in [5, 5.41) is 5.52. The third-order valence-corrected chi connectivity index (χ3v) is 4.70. The van der Waals surface area contributed by atoms with Crippen molar-refractivity contribution in [2.45, 2.75) is 32.7 Å². The van der Waals surface area contributed by atoms with Gasteiger partial charge in [-0.15, -0.1) is 0 Å². The molecule has 3 rings (SSSR count). The summed E-state index contributed by atoms with van der Waals surface area (Å²) in [6.07, 6.45) is 0.709. The van der Waals surface area contributed by atoms with Gasteiger partial charge >= 0.3 is 0 Å². The van der Waals surface area contributed by atoms with Crippen LogP contribution in [-0.4, -0.2) is 27.8 Å². The van der Waals surface area contributed by atoms with Crippen LogP contribution < -0.4 is 10.6 Å². The molecule has 28 heavy (non-hydrogen) atoms. The maximum Gasteiger partial charge on any atom is 0.249 e. The Balaban J connectivity index is 1.69. The number of fused-ring (bicyclic) bond motifs is 1. The van der Waals surface area contributed by atoms with Gasteiger partial charge in [-0.1, -0.05) is 44.5 Å². The van der Waals surface area contributed by atoms with Crippen LogP contribution in [0.4, 0.5) is 10.3 Å². The lowest BCUT2D eigenvalue weighted by molar-refractivity contribution is -0.127. The van der Waals surface area contributed by atoms with Gasteiger partial charge < -0.3 is 10.3 Å². The first kappa shape index (κ1) is 19.5. The molecule has 1 heterocycles. The number of hydrogen-bond donors (Lipinski definition) is 3. The fourth-order valence-corrected chi connectivity index (χ4v) is 2.97. The number of aromatic nitrogens is 2. The molecule has 6 nitrogen and oxygen atoms in total. The Morgan fingerprint density at radius 2 is 1.96 bits per heavy atom. The molecule has 2 amide bonds. The molecule has 3 N–H and O–H groups in total. The minimum atomic E-state index is -0.723. The third kappa shape index (κ3) is 4.73. The molecule has 0 fully saturated rings. The molecule has 0 bridgehead atoms. The first-order valence-corrected chi connectivity index (χ1v) is 9.25. The number of imidazole rings is 1. The second-order valence-electron chi connectivity index (χ2n) is 6.83. The van der Waals surface area contributed by atoms with Crippen molar-refractivity contribution in [1.29, 1.82) is 0 Å². The normalized spacial score (nSPS) is 13.1. The molecule has 0 saturated heterocycles. The molecule has 0 spiro atoms. The van der Waals surface area contributed by atoms with Crippen molar-refractivity contribution in [2.75, 3.05) is 5.32 Å². The minimum Gasteiger partial charge on any atom is -0.344 e. The number of halogens is 1. The van der Waals surface area contributed by atoms with Crippen molar-refractivity contribution >= 4 is 28.8 Å². The summed E-state index contributed by atoms with van der Waals surface area (Å²) in [6.45, 7) is 3.84.